The number of hydrogen-bond acceptors (Lipinski definition) is 5. The van der Waals surface area contributed by atoms with E-state index < -0.39 is 12.6 Å². The predicted molar refractivity (Wildman–Crippen MR) is 90.4 cm³/mol. The fourth-order valence-electron chi connectivity index (χ4n) is 2.37. The van der Waals surface area contributed by atoms with Crippen LogP contribution in [-0.4, -0.2) is 25.8 Å². The van der Waals surface area contributed by atoms with Crippen molar-refractivity contribution in [1.82, 2.24) is 19.6 Å². The molecule has 132 valence electrons. The third kappa shape index (κ3) is 3.52. The number of hydrogen-bond donors (Lipinski definition) is 0. The molecular weight excluding hydrogens is 365 g/mol. The van der Waals surface area contributed by atoms with Gasteiger partial charge in [-0.1, -0.05) is 18.2 Å². The van der Waals surface area contributed by atoms with Crippen LogP contribution in [-0.2, 0) is 6.42 Å². The number of benzene rings is 1. The van der Waals surface area contributed by atoms with Crippen molar-refractivity contribution < 1.29 is 17.9 Å². The third-order valence-electron chi connectivity index (χ3n) is 3.44. The fraction of sp³-hybridized carbons (Fsp3) is 0.118. The molecule has 0 unspecified atom stereocenters. The highest BCUT2D eigenvalue weighted by atomic mass is 32.1. The van der Waals surface area contributed by atoms with E-state index in [4.69, 9.17) is 4.74 Å². The van der Waals surface area contributed by atoms with Crippen LogP contribution >= 0.6 is 11.3 Å². The Balaban J connectivity index is 1.72. The maximum Gasteiger partial charge on any atom is 0.394 e. The molecule has 1 aromatic carbocycles. The lowest BCUT2D eigenvalue weighted by Crippen LogP contribution is -2.11. The summed E-state index contributed by atoms with van der Waals surface area (Å²) in [6, 6.07) is 12.7. The summed E-state index contributed by atoms with van der Waals surface area (Å²) in [5, 5.41) is 5.98. The maximum absolute atomic E-state index is 12.5. The number of fused-ring (bicyclic) bond motifs is 1. The van der Waals surface area contributed by atoms with Crippen molar-refractivity contribution in [3.05, 3.63) is 59.7 Å². The van der Waals surface area contributed by atoms with Gasteiger partial charge in [-0.05, 0) is 24.3 Å². The van der Waals surface area contributed by atoms with Crippen LogP contribution < -0.4 is 4.74 Å². The van der Waals surface area contributed by atoms with Crippen LogP contribution in [0.15, 0.2) is 54.0 Å². The second-order valence-corrected chi connectivity index (χ2v) is 6.29. The molecule has 3 heterocycles. The van der Waals surface area contributed by atoms with Crippen LogP contribution in [0.2, 0.25) is 0 Å². The van der Waals surface area contributed by atoms with Gasteiger partial charge < -0.3 is 4.74 Å². The van der Waals surface area contributed by atoms with E-state index in [0.29, 0.717) is 22.2 Å². The Labute approximate surface area is 149 Å². The van der Waals surface area contributed by atoms with Crippen molar-refractivity contribution >= 4 is 16.9 Å². The van der Waals surface area contributed by atoms with Crippen molar-refractivity contribution in [2.75, 3.05) is 0 Å². The molecule has 0 bridgehead atoms. The number of aromatic nitrogens is 4. The molecule has 0 atom stereocenters. The summed E-state index contributed by atoms with van der Waals surface area (Å²) >= 11 is 1.06. The van der Waals surface area contributed by atoms with Gasteiger partial charge in [-0.25, -0.2) is 9.50 Å². The van der Waals surface area contributed by atoms with Crippen molar-refractivity contribution in [3.8, 4) is 22.5 Å². The van der Waals surface area contributed by atoms with Crippen molar-refractivity contribution in [2.45, 2.75) is 12.6 Å². The standard InChI is InChI=1S/C17H11F3N4OS/c18-17(19,20)9-11-10-26-16(21-11)14-22-15(13-7-4-8-24(13)23-14)25-12-5-2-1-3-6-12/h1-8,10H,9H2. The number of rotatable bonds is 4. The highest BCUT2D eigenvalue weighted by molar-refractivity contribution is 7.13. The molecule has 3 aromatic heterocycles. The van der Waals surface area contributed by atoms with Crippen molar-refractivity contribution in [1.29, 1.82) is 0 Å². The second kappa shape index (κ2) is 6.41. The Morgan fingerprint density at radius 1 is 1.04 bits per heavy atom. The Hall–Kier alpha value is -2.94. The van der Waals surface area contributed by atoms with E-state index in [1.807, 2.05) is 18.2 Å². The van der Waals surface area contributed by atoms with Crippen LogP contribution in [0.1, 0.15) is 5.69 Å². The minimum absolute atomic E-state index is 0.0563. The number of ether oxygens (including phenoxy) is 1. The molecule has 0 saturated carbocycles. The molecule has 4 rings (SSSR count). The average molecular weight is 376 g/mol. The van der Waals surface area contributed by atoms with Gasteiger partial charge in [-0.15, -0.1) is 16.4 Å². The number of alkyl halides is 3. The van der Waals surface area contributed by atoms with Gasteiger partial charge in [-0.2, -0.15) is 18.2 Å². The van der Waals surface area contributed by atoms with Gasteiger partial charge >= 0.3 is 6.18 Å². The molecule has 0 aliphatic rings. The van der Waals surface area contributed by atoms with Crippen LogP contribution in [0.5, 0.6) is 11.6 Å². The molecule has 0 saturated heterocycles. The number of para-hydroxylation sites is 1. The summed E-state index contributed by atoms with van der Waals surface area (Å²) in [6.07, 6.45) is -3.68. The zero-order chi connectivity index (χ0) is 18.1. The first-order chi connectivity index (χ1) is 12.5. The molecule has 4 aromatic rings. The Kier molecular flexibility index (Phi) is 4.08. The molecular formula is C17H11F3N4OS. The molecule has 0 radical (unpaired) electrons. The topological polar surface area (TPSA) is 52.3 Å². The highest BCUT2D eigenvalue weighted by Gasteiger charge is 2.29. The minimum Gasteiger partial charge on any atom is -0.437 e. The zero-order valence-electron chi connectivity index (χ0n) is 13.1. The normalized spacial score (nSPS) is 11.8. The Morgan fingerprint density at radius 2 is 1.85 bits per heavy atom. The largest absolute Gasteiger partial charge is 0.437 e. The second-order valence-electron chi connectivity index (χ2n) is 5.43. The van der Waals surface area contributed by atoms with Crippen LogP contribution in [0.3, 0.4) is 0 Å². The van der Waals surface area contributed by atoms with E-state index in [1.165, 1.54) is 5.38 Å². The summed E-state index contributed by atoms with van der Waals surface area (Å²) in [6.45, 7) is 0. The molecule has 0 aliphatic carbocycles. The van der Waals surface area contributed by atoms with Crippen LogP contribution in [0.4, 0.5) is 13.2 Å². The first-order valence-corrected chi connectivity index (χ1v) is 8.46. The summed E-state index contributed by atoms with van der Waals surface area (Å²) in [5.41, 5.74) is 0.587. The van der Waals surface area contributed by atoms with Gasteiger partial charge in [0, 0.05) is 11.6 Å². The maximum atomic E-state index is 12.5. The predicted octanol–water partition coefficient (Wildman–Crippen LogP) is 4.75. The lowest BCUT2D eigenvalue weighted by atomic mass is 10.3. The molecule has 0 N–H and O–H groups in total. The smallest absolute Gasteiger partial charge is 0.394 e. The molecule has 26 heavy (non-hydrogen) atoms. The van der Waals surface area contributed by atoms with E-state index in [1.54, 1.807) is 35.0 Å². The monoisotopic (exact) mass is 376 g/mol. The van der Waals surface area contributed by atoms with Gasteiger partial charge in [0.1, 0.15) is 11.3 Å². The Morgan fingerprint density at radius 3 is 2.62 bits per heavy atom. The first-order valence-electron chi connectivity index (χ1n) is 7.58. The average Bonchev–Trinajstić information content (AvgIpc) is 3.23. The molecule has 0 amide bonds. The quantitative estimate of drug-likeness (QED) is 0.516. The van der Waals surface area contributed by atoms with Crippen molar-refractivity contribution in [2.24, 2.45) is 0 Å². The van der Waals surface area contributed by atoms with Gasteiger partial charge in [0.15, 0.2) is 5.01 Å². The lowest BCUT2D eigenvalue weighted by molar-refractivity contribution is -0.127. The van der Waals surface area contributed by atoms with Gasteiger partial charge in [0.2, 0.25) is 11.7 Å². The zero-order valence-corrected chi connectivity index (χ0v) is 14.0. The first kappa shape index (κ1) is 16.5. The van der Waals surface area contributed by atoms with Crippen LogP contribution in [0, 0.1) is 0 Å². The SMILES string of the molecule is FC(F)(F)Cc1csc(-c2nc(Oc3ccccc3)c3cccn3n2)n1. The number of halogens is 3. The highest BCUT2D eigenvalue weighted by Crippen LogP contribution is 2.29. The van der Waals surface area contributed by atoms with Crippen LogP contribution in [0.25, 0.3) is 16.3 Å². The third-order valence-corrected chi connectivity index (χ3v) is 4.33. The lowest BCUT2D eigenvalue weighted by Gasteiger charge is -2.07. The summed E-state index contributed by atoms with van der Waals surface area (Å²) in [5.74, 6) is 1.11. The van der Waals surface area contributed by atoms with E-state index >= 15 is 0 Å². The molecule has 0 aliphatic heterocycles. The van der Waals surface area contributed by atoms with E-state index in [9.17, 15) is 13.2 Å². The van der Waals surface area contributed by atoms with E-state index in [0.717, 1.165) is 11.3 Å². The number of nitrogens with zero attached hydrogens (tertiary/aromatic N) is 4. The Bertz CT molecular complexity index is 1040. The van der Waals surface area contributed by atoms with E-state index in [2.05, 4.69) is 15.1 Å². The van der Waals surface area contributed by atoms with Gasteiger partial charge in [0.05, 0.1) is 12.1 Å². The minimum atomic E-state index is -4.31. The summed E-state index contributed by atoms with van der Waals surface area (Å²) < 4.78 is 45.0. The van der Waals surface area contributed by atoms with Gasteiger partial charge in [0.25, 0.3) is 0 Å². The molecule has 0 spiro atoms. The summed E-state index contributed by atoms with van der Waals surface area (Å²) in [7, 11) is 0. The van der Waals surface area contributed by atoms with E-state index in [-0.39, 0.29) is 11.5 Å². The summed E-state index contributed by atoms with van der Waals surface area (Å²) in [4.78, 5) is 8.37. The molecule has 9 heteroatoms. The van der Waals surface area contributed by atoms with Gasteiger partial charge in [-0.3, -0.25) is 0 Å². The van der Waals surface area contributed by atoms with Crippen molar-refractivity contribution in [3.63, 3.8) is 0 Å². The molecule has 0 fully saturated rings. The number of thiazole rings is 1. The molecule has 5 nitrogen and oxygen atoms in total. The fourth-order valence-corrected chi connectivity index (χ4v) is 3.11.